The molecule has 0 aliphatic heterocycles. The van der Waals surface area contributed by atoms with Gasteiger partial charge in [0.15, 0.2) is 18.9 Å². The molecule has 1 amide bonds. The third kappa shape index (κ3) is 3.98. The number of nitrogens with zero attached hydrogens (tertiary/aromatic N) is 1. The first-order chi connectivity index (χ1) is 11.7. The molecule has 0 fully saturated rings. The van der Waals surface area contributed by atoms with E-state index in [0.717, 1.165) is 18.0 Å². The average Bonchev–Trinajstić information content (AvgIpc) is 2.64. The van der Waals surface area contributed by atoms with Crippen LogP contribution in [0, 0.1) is 0 Å². The van der Waals surface area contributed by atoms with Gasteiger partial charge in [-0.1, -0.05) is 30.3 Å². The molecule has 0 bridgehead atoms. The first-order valence-electron chi connectivity index (χ1n) is 7.73. The molecular formula is C20H19N2O2+. The molecule has 4 nitrogen and oxygen atoms in total. The van der Waals surface area contributed by atoms with Crippen LogP contribution in [0.4, 0.5) is 5.69 Å². The monoisotopic (exact) mass is 319 g/mol. The predicted molar refractivity (Wildman–Crippen MR) is 93.1 cm³/mol. The van der Waals surface area contributed by atoms with Gasteiger partial charge in [0.05, 0.1) is 12.8 Å². The summed E-state index contributed by atoms with van der Waals surface area (Å²) in [6, 6.07) is 21.1. The third-order valence-electron chi connectivity index (χ3n) is 3.71. The number of ether oxygens (including phenoxy) is 1. The Bertz CT molecular complexity index is 797. The van der Waals surface area contributed by atoms with E-state index < -0.39 is 0 Å². The molecule has 120 valence electrons. The van der Waals surface area contributed by atoms with Gasteiger partial charge in [0.1, 0.15) is 5.75 Å². The number of benzene rings is 2. The van der Waals surface area contributed by atoms with E-state index in [1.165, 1.54) is 5.56 Å². The summed E-state index contributed by atoms with van der Waals surface area (Å²) in [6.07, 6.45) is 3.91. The van der Waals surface area contributed by atoms with Gasteiger partial charge in [0, 0.05) is 23.3 Å². The van der Waals surface area contributed by atoms with Gasteiger partial charge in [0.2, 0.25) is 0 Å². The van der Waals surface area contributed by atoms with Gasteiger partial charge in [0.25, 0.3) is 5.91 Å². The van der Waals surface area contributed by atoms with Crippen LogP contribution in [0.15, 0.2) is 79.1 Å². The van der Waals surface area contributed by atoms with Gasteiger partial charge in [-0.15, -0.1) is 0 Å². The van der Waals surface area contributed by atoms with Gasteiger partial charge in [-0.3, -0.25) is 4.79 Å². The first kappa shape index (κ1) is 15.7. The van der Waals surface area contributed by atoms with Crippen molar-refractivity contribution in [2.45, 2.75) is 6.54 Å². The molecule has 1 aromatic heterocycles. The molecule has 0 radical (unpaired) electrons. The average molecular weight is 319 g/mol. The molecule has 0 saturated heterocycles. The van der Waals surface area contributed by atoms with Crippen LogP contribution in [0.1, 0.15) is 15.9 Å². The Morgan fingerprint density at radius 1 is 0.958 bits per heavy atom. The maximum absolute atomic E-state index is 12.2. The van der Waals surface area contributed by atoms with Crippen LogP contribution in [0.2, 0.25) is 0 Å². The lowest BCUT2D eigenvalue weighted by atomic mass is 10.2. The number of nitrogens with one attached hydrogen (secondary N) is 1. The molecule has 1 heterocycles. The minimum absolute atomic E-state index is 0.140. The lowest BCUT2D eigenvalue weighted by molar-refractivity contribution is -0.688. The molecule has 0 saturated carbocycles. The number of carbonyl (C=O) groups is 1. The fourth-order valence-electron chi connectivity index (χ4n) is 2.39. The van der Waals surface area contributed by atoms with Crippen molar-refractivity contribution in [3.05, 3.63) is 90.3 Å². The lowest BCUT2D eigenvalue weighted by Crippen LogP contribution is -2.33. The van der Waals surface area contributed by atoms with E-state index in [2.05, 4.69) is 22.0 Å². The summed E-state index contributed by atoms with van der Waals surface area (Å²) in [7, 11) is 1.60. The third-order valence-corrected chi connectivity index (χ3v) is 3.71. The minimum atomic E-state index is -0.140. The standard InChI is InChI=1S/C20H18N2O2/c1-24-19-9-7-17(8-10-19)20(23)21-18-11-13-22(14-12-18)15-16-5-3-2-4-6-16/h2-14H,15H2,1H3/p+1. The number of aromatic nitrogens is 1. The predicted octanol–water partition coefficient (Wildman–Crippen LogP) is 3.28. The summed E-state index contributed by atoms with van der Waals surface area (Å²) in [5, 5.41) is 2.89. The highest BCUT2D eigenvalue weighted by Crippen LogP contribution is 2.13. The largest absolute Gasteiger partial charge is 0.497 e. The fraction of sp³-hybridized carbons (Fsp3) is 0.100. The molecular weight excluding hydrogens is 300 g/mol. The van der Waals surface area contributed by atoms with Crippen LogP contribution in [0.25, 0.3) is 0 Å². The highest BCUT2D eigenvalue weighted by Gasteiger charge is 2.08. The fourth-order valence-corrected chi connectivity index (χ4v) is 2.39. The molecule has 0 atom stereocenters. The summed E-state index contributed by atoms with van der Waals surface area (Å²) in [6.45, 7) is 0.799. The number of rotatable bonds is 5. The Labute approximate surface area is 141 Å². The van der Waals surface area contributed by atoms with Crippen LogP contribution < -0.4 is 14.6 Å². The number of carbonyl (C=O) groups excluding carboxylic acids is 1. The van der Waals surface area contributed by atoms with Crippen LogP contribution in [-0.4, -0.2) is 13.0 Å². The first-order valence-corrected chi connectivity index (χ1v) is 7.73. The summed E-state index contributed by atoms with van der Waals surface area (Å²) < 4.78 is 7.16. The lowest BCUT2D eigenvalue weighted by Gasteiger charge is -2.06. The van der Waals surface area contributed by atoms with Gasteiger partial charge in [-0.2, -0.15) is 0 Å². The van der Waals surface area contributed by atoms with Gasteiger partial charge in [-0.25, -0.2) is 4.57 Å². The Morgan fingerprint density at radius 2 is 1.62 bits per heavy atom. The van der Waals surface area contributed by atoms with Crippen molar-refractivity contribution < 1.29 is 14.1 Å². The van der Waals surface area contributed by atoms with Crippen molar-refractivity contribution in [3.63, 3.8) is 0 Å². The van der Waals surface area contributed by atoms with E-state index >= 15 is 0 Å². The second kappa shape index (κ2) is 7.42. The number of pyridine rings is 1. The quantitative estimate of drug-likeness (QED) is 0.733. The van der Waals surface area contributed by atoms with Gasteiger partial charge >= 0.3 is 0 Å². The van der Waals surface area contributed by atoms with E-state index in [1.807, 2.05) is 42.7 Å². The van der Waals surface area contributed by atoms with Crippen LogP contribution in [0.5, 0.6) is 5.75 Å². The Balaban J connectivity index is 1.64. The summed E-state index contributed by atoms with van der Waals surface area (Å²) in [4.78, 5) is 12.2. The maximum atomic E-state index is 12.2. The molecule has 0 aliphatic carbocycles. The van der Waals surface area contributed by atoms with E-state index in [0.29, 0.717) is 5.56 Å². The second-order valence-corrected chi connectivity index (χ2v) is 5.43. The van der Waals surface area contributed by atoms with Crippen molar-refractivity contribution in [1.82, 2.24) is 0 Å². The normalized spacial score (nSPS) is 10.2. The molecule has 1 N–H and O–H groups in total. The summed E-state index contributed by atoms with van der Waals surface area (Å²) in [5.41, 5.74) is 2.59. The highest BCUT2D eigenvalue weighted by molar-refractivity contribution is 6.04. The second-order valence-electron chi connectivity index (χ2n) is 5.43. The molecule has 3 aromatic rings. The van der Waals surface area contributed by atoms with Crippen LogP contribution >= 0.6 is 0 Å². The zero-order valence-corrected chi connectivity index (χ0v) is 13.5. The smallest absolute Gasteiger partial charge is 0.255 e. The molecule has 4 heteroatoms. The van der Waals surface area contributed by atoms with Gasteiger partial charge in [-0.05, 0) is 24.3 Å². The van der Waals surface area contributed by atoms with Crippen molar-refractivity contribution >= 4 is 11.6 Å². The number of hydrogen-bond acceptors (Lipinski definition) is 2. The zero-order chi connectivity index (χ0) is 16.8. The molecule has 2 aromatic carbocycles. The molecule has 0 aliphatic rings. The zero-order valence-electron chi connectivity index (χ0n) is 13.5. The molecule has 24 heavy (non-hydrogen) atoms. The van der Waals surface area contributed by atoms with Crippen molar-refractivity contribution in [2.75, 3.05) is 12.4 Å². The summed E-state index contributed by atoms with van der Waals surface area (Å²) in [5.74, 6) is 0.590. The van der Waals surface area contributed by atoms with Crippen LogP contribution in [-0.2, 0) is 6.54 Å². The SMILES string of the molecule is COc1ccc(C(=O)Nc2cc[n+](Cc3ccccc3)cc2)cc1. The minimum Gasteiger partial charge on any atom is -0.497 e. The number of methoxy groups -OCH3 is 1. The van der Waals surface area contributed by atoms with E-state index in [1.54, 1.807) is 31.4 Å². The Kier molecular flexibility index (Phi) is 4.87. The van der Waals surface area contributed by atoms with E-state index in [9.17, 15) is 4.79 Å². The maximum Gasteiger partial charge on any atom is 0.255 e. The number of hydrogen-bond donors (Lipinski definition) is 1. The number of anilines is 1. The Hall–Kier alpha value is -3.14. The topological polar surface area (TPSA) is 42.2 Å². The van der Waals surface area contributed by atoms with Crippen molar-refractivity contribution in [2.24, 2.45) is 0 Å². The molecule has 3 rings (SSSR count). The van der Waals surface area contributed by atoms with E-state index in [4.69, 9.17) is 4.74 Å². The Morgan fingerprint density at radius 3 is 2.25 bits per heavy atom. The van der Waals surface area contributed by atoms with E-state index in [-0.39, 0.29) is 5.91 Å². The highest BCUT2D eigenvalue weighted by atomic mass is 16.5. The summed E-state index contributed by atoms with van der Waals surface area (Å²) >= 11 is 0. The van der Waals surface area contributed by atoms with Gasteiger partial charge < -0.3 is 10.1 Å². The van der Waals surface area contributed by atoms with Crippen LogP contribution in [0.3, 0.4) is 0 Å². The number of amides is 1. The molecule has 0 unspecified atom stereocenters. The van der Waals surface area contributed by atoms with Crippen molar-refractivity contribution in [1.29, 1.82) is 0 Å². The molecule has 0 spiro atoms. The van der Waals surface area contributed by atoms with Crippen molar-refractivity contribution in [3.8, 4) is 5.75 Å².